The Labute approximate surface area is 149 Å². The van der Waals surface area contributed by atoms with Crippen LogP contribution in [0.15, 0.2) is 34.9 Å². The Morgan fingerprint density at radius 1 is 1.23 bits per heavy atom. The molecule has 8 heteroatoms. The van der Waals surface area contributed by atoms with E-state index in [-0.39, 0.29) is 24.6 Å². The summed E-state index contributed by atoms with van der Waals surface area (Å²) in [7, 11) is 0. The lowest BCUT2D eigenvalue weighted by molar-refractivity contribution is -0.126. The van der Waals surface area contributed by atoms with Crippen LogP contribution < -0.4 is 15.8 Å². The number of benzene rings is 1. The van der Waals surface area contributed by atoms with Crippen molar-refractivity contribution in [1.82, 2.24) is 10.9 Å². The van der Waals surface area contributed by atoms with Crippen molar-refractivity contribution in [3.05, 3.63) is 53.2 Å². The number of amides is 3. The molecule has 1 aromatic heterocycles. The van der Waals surface area contributed by atoms with E-state index in [0.29, 0.717) is 11.3 Å². The largest absolute Gasteiger partial charge is 0.469 e. The number of furan rings is 1. The van der Waals surface area contributed by atoms with Crippen LogP contribution >= 0.6 is 0 Å². The topological polar surface area (TPSA) is 91.7 Å². The van der Waals surface area contributed by atoms with E-state index in [9.17, 15) is 18.8 Å². The third-order valence-corrected chi connectivity index (χ3v) is 4.29. The Balaban J connectivity index is 1.62. The number of hydrogen-bond donors (Lipinski definition) is 2. The normalized spacial score (nSPS) is 16.7. The van der Waals surface area contributed by atoms with E-state index in [1.807, 2.05) is 0 Å². The van der Waals surface area contributed by atoms with Gasteiger partial charge in [-0.25, -0.2) is 4.39 Å². The van der Waals surface area contributed by atoms with E-state index in [0.717, 1.165) is 5.56 Å². The van der Waals surface area contributed by atoms with E-state index in [1.165, 1.54) is 29.4 Å². The Morgan fingerprint density at radius 2 is 2.00 bits per heavy atom. The maximum atomic E-state index is 14.1. The minimum Gasteiger partial charge on any atom is -0.469 e. The first-order valence-corrected chi connectivity index (χ1v) is 8.07. The summed E-state index contributed by atoms with van der Waals surface area (Å²) in [6.07, 6.45) is 1.31. The Bertz CT molecular complexity index is 877. The van der Waals surface area contributed by atoms with Crippen LogP contribution in [0.3, 0.4) is 0 Å². The SMILES string of the molecule is Cc1ccc(N2CC(C(=O)NNC(=O)c3ccoc3C)CC2=O)c(F)c1. The van der Waals surface area contributed by atoms with Crippen molar-refractivity contribution >= 4 is 23.4 Å². The van der Waals surface area contributed by atoms with Gasteiger partial charge in [0, 0.05) is 13.0 Å². The maximum Gasteiger partial charge on any atom is 0.273 e. The third kappa shape index (κ3) is 3.44. The van der Waals surface area contributed by atoms with Crippen LogP contribution in [0.2, 0.25) is 0 Å². The molecule has 3 rings (SSSR count). The van der Waals surface area contributed by atoms with Crippen molar-refractivity contribution in [1.29, 1.82) is 0 Å². The summed E-state index contributed by atoms with van der Waals surface area (Å²) in [5, 5.41) is 0. The lowest BCUT2D eigenvalue weighted by atomic mass is 10.1. The molecule has 0 radical (unpaired) electrons. The minimum absolute atomic E-state index is 0.0469. The summed E-state index contributed by atoms with van der Waals surface area (Å²) in [6, 6.07) is 6.04. The van der Waals surface area contributed by atoms with Gasteiger partial charge in [-0.05, 0) is 37.6 Å². The zero-order valence-corrected chi connectivity index (χ0v) is 14.3. The third-order valence-electron chi connectivity index (χ3n) is 4.29. The summed E-state index contributed by atoms with van der Waals surface area (Å²) in [5.41, 5.74) is 5.78. The van der Waals surface area contributed by atoms with Crippen LogP contribution in [0, 0.1) is 25.6 Å². The van der Waals surface area contributed by atoms with Crippen LogP contribution in [0.4, 0.5) is 10.1 Å². The molecule has 1 aliphatic heterocycles. The van der Waals surface area contributed by atoms with Crippen molar-refractivity contribution in [3.8, 4) is 0 Å². The summed E-state index contributed by atoms with van der Waals surface area (Å²) in [6.45, 7) is 3.42. The molecule has 0 bridgehead atoms. The molecule has 136 valence electrons. The number of carbonyl (C=O) groups is 3. The summed E-state index contributed by atoms with van der Waals surface area (Å²) in [4.78, 5) is 37.6. The van der Waals surface area contributed by atoms with Crippen molar-refractivity contribution in [2.45, 2.75) is 20.3 Å². The van der Waals surface area contributed by atoms with Crippen molar-refractivity contribution in [3.63, 3.8) is 0 Å². The number of hydrogen-bond acceptors (Lipinski definition) is 4. The van der Waals surface area contributed by atoms with Crippen LogP contribution in [0.25, 0.3) is 0 Å². The van der Waals surface area contributed by atoms with E-state index >= 15 is 0 Å². The second kappa shape index (κ2) is 6.99. The maximum absolute atomic E-state index is 14.1. The Hall–Kier alpha value is -3.16. The molecule has 2 N–H and O–H groups in total. The summed E-state index contributed by atoms with van der Waals surface area (Å²) < 4.78 is 19.1. The molecule has 0 spiro atoms. The molecular weight excluding hydrogens is 341 g/mol. The number of hydrazine groups is 1. The molecule has 1 atom stereocenters. The van der Waals surface area contributed by atoms with E-state index in [2.05, 4.69) is 10.9 Å². The van der Waals surface area contributed by atoms with E-state index in [1.54, 1.807) is 19.9 Å². The van der Waals surface area contributed by atoms with Crippen molar-refractivity contribution < 1.29 is 23.2 Å². The highest BCUT2D eigenvalue weighted by Crippen LogP contribution is 2.28. The van der Waals surface area contributed by atoms with Crippen LogP contribution in [-0.2, 0) is 9.59 Å². The molecule has 0 aliphatic carbocycles. The van der Waals surface area contributed by atoms with Gasteiger partial charge < -0.3 is 9.32 Å². The molecule has 1 fully saturated rings. The highest BCUT2D eigenvalue weighted by molar-refractivity contribution is 6.01. The molecule has 1 aliphatic rings. The lowest BCUT2D eigenvalue weighted by Crippen LogP contribution is -2.45. The average Bonchev–Trinajstić information content (AvgIpc) is 3.18. The Kier molecular flexibility index (Phi) is 4.75. The van der Waals surface area contributed by atoms with Crippen LogP contribution in [-0.4, -0.2) is 24.3 Å². The fourth-order valence-corrected chi connectivity index (χ4v) is 2.86. The number of aryl methyl sites for hydroxylation is 2. The molecule has 0 saturated carbocycles. The first-order valence-electron chi connectivity index (χ1n) is 8.07. The number of carbonyl (C=O) groups excluding carboxylic acids is 3. The number of halogens is 1. The van der Waals surface area contributed by atoms with Gasteiger partial charge in [-0.15, -0.1) is 0 Å². The van der Waals surface area contributed by atoms with Gasteiger partial charge in [0.1, 0.15) is 11.6 Å². The average molecular weight is 359 g/mol. The summed E-state index contributed by atoms with van der Waals surface area (Å²) in [5.74, 6) is -2.14. The van der Waals surface area contributed by atoms with Gasteiger partial charge in [-0.1, -0.05) is 6.07 Å². The predicted molar refractivity (Wildman–Crippen MR) is 90.7 cm³/mol. The molecule has 26 heavy (non-hydrogen) atoms. The highest BCUT2D eigenvalue weighted by Gasteiger charge is 2.36. The van der Waals surface area contributed by atoms with Gasteiger partial charge >= 0.3 is 0 Å². The van der Waals surface area contributed by atoms with E-state index in [4.69, 9.17) is 4.42 Å². The molecule has 7 nitrogen and oxygen atoms in total. The molecular formula is C18H18FN3O4. The van der Waals surface area contributed by atoms with Gasteiger partial charge in [0.25, 0.3) is 5.91 Å². The monoisotopic (exact) mass is 359 g/mol. The number of nitrogens with one attached hydrogen (secondary N) is 2. The van der Waals surface area contributed by atoms with Gasteiger partial charge in [0.15, 0.2) is 0 Å². The molecule has 3 amide bonds. The quantitative estimate of drug-likeness (QED) is 0.818. The molecule has 1 aromatic carbocycles. The lowest BCUT2D eigenvalue weighted by Gasteiger charge is -2.18. The predicted octanol–water partition coefficient (Wildman–Crippen LogP) is 1.85. The number of rotatable bonds is 3. The standard InChI is InChI=1S/C18H18FN3O4/c1-10-3-4-15(14(19)7-10)22-9-12(8-16(22)23)17(24)20-21-18(25)13-5-6-26-11(13)2/h3-7,12H,8-9H2,1-2H3,(H,20,24)(H,21,25). The van der Waals surface area contributed by atoms with Gasteiger partial charge in [-0.3, -0.25) is 25.2 Å². The summed E-state index contributed by atoms with van der Waals surface area (Å²) >= 11 is 0. The number of anilines is 1. The zero-order chi connectivity index (χ0) is 18.8. The van der Waals surface area contributed by atoms with Gasteiger partial charge in [0.05, 0.1) is 23.4 Å². The first-order chi connectivity index (χ1) is 12.4. The smallest absolute Gasteiger partial charge is 0.273 e. The fraction of sp³-hybridized carbons (Fsp3) is 0.278. The fourth-order valence-electron chi connectivity index (χ4n) is 2.86. The molecule has 1 saturated heterocycles. The van der Waals surface area contributed by atoms with Crippen LogP contribution in [0.1, 0.15) is 28.1 Å². The Morgan fingerprint density at radius 3 is 2.65 bits per heavy atom. The second-order valence-electron chi connectivity index (χ2n) is 6.19. The molecule has 2 aromatic rings. The van der Waals surface area contributed by atoms with Crippen molar-refractivity contribution in [2.75, 3.05) is 11.4 Å². The minimum atomic E-state index is -0.686. The van der Waals surface area contributed by atoms with E-state index < -0.39 is 23.5 Å². The second-order valence-corrected chi connectivity index (χ2v) is 6.19. The zero-order valence-electron chi connectivity index (χ0n) is 14.3. The number of nitrogens with zero attached hydrogens (tertiary/aromatic N) is 1. The van der Waals surface area contributed by atoms with Crippen LogP contribution in [0.5, 0.6) is 0 Å². The first kappa shape index (κ1) is 17.7. The highest BCUT2D eigenvalue weighted by atomic mass is 19.1. The molecule has 2 heterocycles. The van der Waals surface area contributed by atoms with Crippen molar-refractivity contribution in [2.24, 2.45) is 5.92 Å². The van der Waals surface area contributed by atoms with Gasteiger partial charge in [0.2, 0.25) is 11.8 Å². The van der Waals surface area contributed by atoms with Gasteiger partial charge in [-0.2, -0.15) is 0 Å². The molecule has 1 unspecified atom stereocenters.